The van der Waals surface area contributed by atoms with E-state index in [4.69, 9.17) is 10.5 Å². The molecule has 2 aliphatic heterocycles. The minimum Gasteiger partial charge on any atom is -0.504 e. The molecule has 1 aromatic rings. The van der Waals surface area contributed by atoms with Crippen LogP contribution in [0.15, 0.2) is 24.3 Å². The highest BCUT2D eigenvalue weighted by Crippen LogP contribution is 2.62. The van der Waals surface area contributed by atoms with Crippen LogP contribution in [0.4, 0.5) is 0 Å². The van der Waals surface area contributed by atoms with Crippen LogP contribution < -0.4 is 4.74 Å². The molecule has 0 saturated carbocycles. The Morgan fingerprint density at radius 1 is 1.36 bits per heavy atom. The number of hydrogen-bond acceptors (Lipinski definition) is 4. The number of likely N-dealkylation sites (tertiary alicyclic amines) is 1. The first-order valence-corrected chi connectivity index (χ1v) is 13.5. The molecule has 5 heteroatoms. The second kappa shape index (κ2) is 5.64. The second-order valence-electron chi connectivity index (χ2n) is 10.7. The van der Waals surface area contributed by atoms with Crippen LogP contribution >= 0.6 is 0 Å². The Labute approximate surface area is 171 Å². The third kappa shape index (κ3) is 2.24. The van der Waals surface area contributed by atoms with E-state index < -0.39 is 8.32 Å². The first-order valence-electron chi connectivity index (χ1n) is 11.1. The Hall–Kier alpha value is -1.30. The third-order valence-corrected chi connectivity index (χ3v) is 12.7. The molecule has 152 valence electrons. The van der Waals surface area contributed by atoms with E-state index in [-0.39, 0.29) is 28.4 Å². The standard InChI is InChI=1S/C23H33NO3Si/c1-22(2,3)28(5,6)27-18-10-8-15-16-13-14-7-9-17(25)20-19(14)23(15,21(18)26-20)11-12-24(16)4/h7-10,15-16,18,21,25H,11-13H2,1-6H3/t15-,16+,18-,21-,23-/m0/s1/i7D. The minimum absolute atomic E-state index is 0.111. The molecule has 0 aromatic heterocycles. The quantitative estimate of drug-likeness (QED) is 0.596. The molecule has 0 amide bonds. The van der Waals surface area contributed by atoms with E-state index in [0.29, 0.717) is 23.8 Å². The number of nitrogens with zero attached hydrogens (tertiary/aromatic N) is 1. The molecule has 28 heavy (non-hydrogen) atoms. The highest BCUT2D eigenvalue weighted by molar-refractivity contribution is 6.74. The first kappa shape index (κ1) is 17.5. The lowest BCUT2D eigenvalue weighted by Gasteiger charge is -2.57. The highest BCUT2D eigenvalue weighted by atomic mass is 28.4. The number of phenolic OH excluding ortho intramolecular Hbond substituents is 1. The summed E-state index contributed by atoms with van der Waals surface area (Å²) < 4.78 is 22.0. The molecule has 2 bridgehead atoms. The Morgan fingerprint density at radius 3 is 2.82 bits per heavy atom. The fourth-order valence-corrected chi connectivity index (χ4v) is 6.98. The predicted octanol–water partition coefficient (Wildman–Crippen LogP) is 4.23. The molecule has 5 rings (SSSR count). The molecule has 1 spiro atoms. The highest BCUT2D eigenvalue weighted by Gasteiger charge is 2.65. The lowest BCUT2D eigenvalue weighted by molar-refractivity contribution is -0.0415. The summed E-state index contributed by atoms with van der Waals surface area (Å²) in [5.74, 6) is 1.06. The van der Waals surface area contributed by atoms with Gasteiger partial charge in [0.15, 0.2) is 19.8 Å². The van der Waals surface area contributed by atoms with E-state index in [1.807, 2.05) is 0 Å². The Kier molecular flexibility index (Phi) is 3.54. The molecule has 1 saturated heterocycles. The van der Waals surface area contributed by atoms with Crippen molar-refractivity contribution in [1.82, 2.24) is 4.90 Å². The summed E-state index contributed by atoms with van der Waals surface area (Å²) >= 11 is 0. The summed E-state index contributed by atoms with van der Waals surface area (Å²) in [4.78, 5) is 2.44. The van der Waals surface area contributed by atoms with Crippen molar-refractivity contribution in [3.8, 4) is 11.5 Å². The van der Waals surface area contributed by atoms with Crippen molar-refractivity contribution in [3.63, 3.8) is 0 Å². The van der Waals surface area contributed by atoms with Crippen LogP contribution in [-0.4, -0.2) is 50.2 Å². The van der Waals surface area contributed by atoms with Gasteiger partial charge in [0, 0.05) is 22.9 Å². The van der Waals surface area contributed by atoms with Gasteiger partial charge in [0.25, 0.3) is 0 Å². The lowest BCUT2D eigenvalue weighted by atomic mass is 9.53. The molecule has 0 unspecified atom stereocenters. The molecular weight excluding hydrogens is 366 g/mol. The van der Waals surface area contributed by atoms with Gasteiger partial charge in [0.05, 0.1) is 1.37 Å². The zero-order chi connectivity index (χ0) is 20.9. The molecule has 1 aromatic carbocycles. The van der Waals surface area contributed by atoms with E-state index in [0.717, 1.165) is 30.5 Å². The molecular formula is C23H33NO3Si. The predicted molar refractivity (Wildman–Crippen MR) is 114 cm³/mol. The van der Waals surface area contributed by atoms with E-state index in [1.54, 1.807) is 6.07 Å². The number of piperidine rings is 1. The molecule has 2 heterocycles. The molecule has 5 atom stereocenters. The van der Waals surface area contributed by atoms with Crippen molar-refractivity contribution >= 4 is 8.32 Å². The average Bonchev–Trinajstić information content (AvgIpc) is 2.96. The molecule has 1 N–H and O–H groups in total. The number of ether oxygens (including phenoxy) is 1. The fraction of sp³-hybridized carbons (Fsp3) is 0.652. The number of aromatic hydroxyl groups is 1. The number of likely N-dealkylation sites (N-methyl/N-ethyl adjacent to an activating group) is 1. The number of rotatable bonds is 2. The van der Waals surface area contributed by atoms with Gasteiger partial charge in [-0.15, -0.1) is 0 Å². The second-order valence-corrected chi connectivity index (χ2v) is 15.4. The van der Waals surface area contributed by atoms with Gasteiger partial charge in [-0.1, -0.05) is 39.0 Å². The van der Waals surface area contributed by atoms with Gasteiger partial charge >= 0.3 is 0 Å². The molecule has 0 radical (unpaired) electrons. The smallest absolute Gasteiger partial charge is 0.193 e. The number of benzene rings is 1. The van der Waals surface area contributed by atoms with Crippen LogP contribution in [0.5, 0.6) is 11.5 Å². The van der Waals surface area contributed by atoms with E-state index in [9.17, 15) is 5.11 Å². The summed E-state index contributed by atoms with van der Waals surface area (Å²) in [5.41, 5.74) is 1.97. The van der Waals surface area contributed by atoms with Crippen LogP contribution in [-0.2, 0) is 16.3 Å². The van der Waals surface area contributed by atoms with Crippen LogP contribution in [0.25, 0.3) is 0 Å². The summed E-state index contributed by atoms with van der Waals surface area (Å²) in [6.07, 6.45) is 6.16. The fourth-order valence-electron chi connectivity index (χ4n) is 5.74. The average molecular weight is 401 g/mol. The van der Waals surface area contributed by atoms with Crippen LogP contribution in [0.3, 0.4) is 0 Å². The zero-order valence-corrected chi connectivity index (χ0v) is 18.9. The Bertz CT molecular complexity index is 908. The van der Waals surface area contributed by atoms with Crippen LogP contribution in [0.1, 0.15) is 39.7 Å². The van der Waals surface area contributed by atoms with Gasteiger partial charge in [0.2, 0.25) is 0 Å². The van der Waals surface area contributed by atoms with Crippen molar-refractivity contribution in [2.45, 2.75) is 75.4 Å². The maximum absolute atomic E-state index is 10.7. The van der Waals surface area contributed by atoms with Gasteiger partial charge in [-0.25, -0.2) is 0 Å². The van der Waals surface area contributed by atoms with Crippen LogP contribution in [0, 0.1) is 5.92 Å². The van der Waals surface area contributed by atoms with Gasteiger partial charge in [-0.3, -0.25) is 0 Å². The number of hydrogen-bond donors (Lipinski definition) is 1. The maximum Gasteiger partial charge on any atom is 0.193 e. The summed E-state index contributed by atoms with van der Waals surface area (Å²) in [6, 6.07) is 2.38. The largest absolute Gasteiger partial charge is 0.504 e. The Balaban J connectivity index is 1.67. The van der Waals surface area contributed by atoms with E-state index >= 15 is 0 Å². The van der Waals surface area contributed by atoms with Crippen molar-refractivity contribution < 1.29 is 15.6 Å². The SMILES string of the molecule is [2H]c1cc(O)c2c3c1C[C@@H]1[C@@H]4C=C[C@H](O[Si](C)(C)C(C)(C)C)[C@H](O2)[C@]34CCN1C. The molecule has 4 aliphatic rings. The monoisotopic (exact) mass is 400 g/mol. The van der Waals surface area contributed by atoms with Crippen molar-refractivity contribution in [3.05, 3.63) is 35.4 Å². The normalized spacial score (nSPS) is 36.7. The first-order chi connectivity index (χ1) is 13.5. The third-order valence-electron chi connectivity index (χ3n) is 8.27. The molecule has 4 nitrogen and oxygen atoms in total. The van der Waals surface area contributed by atoms with Gasteiger partial charge in [-0.2, -0.15) is 0 Å². The minimum atomic E-state index is -2.00. The topological polar surface area (TPSA) is 41.9 Å². The number of phenols is 1. The van der Waals surface area contributed by atoms with Gasteiger partial charge < -0.3 is 19.2 Å². The summed E-state index contributed by atoms with van der Waals surface area (Å²) in [7, 11) is 0.202. The lowest BCUT2D eigenvalue weighted by Crippen LogP contribution is -2.66. The Morgan fingerprint density at radius 2 is 2.11 bits per heavy atom. The van der Waals surface area contributed by atoms with E-state index in [2.05, 4.69) is 58.0 Å². The summed E-state index contributed by atoms with van der Waals surface area (Å²) in [6.45, 7) is 12.4. The van der Waals surface area contributed by atoms with E-state index in [1.165, 1.54) is 0 Å². The maximum atomic E-state index is 10.7. The van der Waals surface area contributed by atoms with Gasteiger partial charge in [-0.05, 0) is 56.2 Å². The zero-order valence-electron chi connectivity index (χ0n) is 18.9. The van der Waals surface area contributed by atoms with Crippen LogP contribution in [0.2, 0.25) is 18.1 Å². The van der Waals surface area contributed by atoms with Crippen molar-refractivity contribution in [2.75, 3.05) is 13.6 Å². The van der Waals surface area contributed by atoms with Crippen molar-refractivity contribution in [1.29, 1.82) is 0 Å². The van der Waals surface area contributed by atoms with Crippen molar-refractivity contribution in [2.24, 2.45) is 5.92 Å². The van der Waals surface area contributed by atoms with Gasteiger partial charge in [0.1, 0.15) is 12.2 Å². The molecule has 1 fully saturated rings. The molecule has 2 aliphatic carbocycles. The summed E-state index contributed by atoms with van der Waals surface area (Å²) in [5, 5.41) is 10.8.